The largest absolute Gasteiger partial charge is 0.486 e. The molecule has 8 nitrogen and oxygen atoms in total. The highest BCUT2D eigenvalue weighted by Crippen LogP contribution is 2.35. The van der Waals surface area contributed by atoms with E-state index in [-0.39, 0.29) is 47.6 Å². The van der Waals surface area contributed by atoms with Gasteiger partial charge in [-0.15, -0.1) is 0 Å². The summed E-state index contributed by atoms with van der Waals surface area (Å²) in [5, 5.41) is 9.59. The summed E-state index contributed by atoms with van der Waals surface area (Å²) in [6, 6.07) is 4.44. The van der Waals surface area contributed by atoms with E-state index in [0.29, 0.717) is 13.1 Å². The van der Waals surface area contributed by atoms with Crippen LogP contribution in [0.2, 0.25) is 0 Å². The molecule has 2 N–H and O–H groups in total. The van der Waals surface area contributed by atoms with Crippen molar-refractivity contribution >= 4 is 21.6 Å². The molecular weight excluding hydrogens is 370 g/mol. The van der Waals surface area contributed by atoms with Crippen LogP contribution in [0.5, 0.6) is 5.75 Å². The molecule has 1 aromatic rings. The summed E-state index contributed by atoms with van der Waals surface area (Å²) >= 11 is 0. The van der Waals surface area contributed by atoms with Crippen LogP contribution in [-0.2, 0) is 10.0 Å². The van der Waals surface area contributed by atoms with Gasteiger partial charge >= 0.3 is 0 Å². The van der Waals surface area contributed by atoms with Gasteiger partial charge in [-0.2, -0.15) is 0 Å². The first-order valence-corrected chi connectivity index (χ1v) is 10.8. The van der Waals surface area contributed by atoms with Crippen LogP contribution in [-0.4, -0.2) is 81.4 Å². The van der Waals surface area contributed by atoms with Crippen molar-refractivity contribution in [3.63, 3.8) is 0 Å². The summed E-state index contributed by atoms with van der Waals surface area (Å²) in [6.45, 7) is 4.64. The van der Waals surface area contributed by atoms with Gasteiger partial charge in [-0.3, -0.25) is 9.52 Å². The van der Waals surface area contributed by atoms with Crippen molar-refractivity contribution in [2.75, 3.05) is 44.8 Å². The zero-order valence-corrected chi connectivity index (χ0v) is 17.3. The molecule has 3 atom stereocenters. The van der Waals surface area contributed by atoms with Crippen molar-refractivity contribution in [1.29, 1.82) is 0 Å². The van der Waals surface area contributed by atoms with Crippen molar-refractivity contribution in [1.82, 2.24) is 9.80 Å². The summed E-state index contributed by atoms with van der Waals surface area (Å²) in [4.78, 5) is 16.7. The Hall–Kier alpha value is -1.84. The Morgan fingerprint density at radius 2 is 2.07 bits per heavy atom. The molecule has 0 unspecified atom stereocenters. The second-order valence-electron chi connectivity index (χ2n) is 7.44. The van der Waals surface area contributed by atoms with Crippen molar-refractivity contribution in [2.24, 2.45) is 5.92 Å². The fraction of sp³-hybridized carbons (Fsp3) is 0.611. The van der Waals surface area contributed by atoms with Crippen LogP contribution in [0, 0.1) is 5.92 Å². The highest BCUT2D eigenvalue weighted by Gasteiger charge is 2.34. The van der Waals surface area contributed by atoms with Crippen molar-refractivity contribution < 1.29 is 23.1 Å². The molecule has 0 fully saturated rings. The number of anilines is 1. The Balaban J connectivity index is 2.59. The number of rotatable bonds is 6. The number of ether oxygens (including phenoxy) is 1. The van der Waals surface area contributed by atoms with Crippen LogP contribution in [0.15, 0.2) is 18.2 Å². The van der Waals surface area contributed by atoms with Gasteiger partial charge in [0.1, 0.15) is 6.10 Å². The van der Waals surface area contributed by atoms with Crippen LogP contribution in [0.1, 0.15) is 24.2 Å². The summed E-state index contributed by atoms with van der Waals surface area (Å²) in [5.74, 6) is -0.0925. The van der Waals surface area contributed by atoms with E-state index in [1.54, 1.807) is 30.0 Å². The molecule has 1 aliphatic heterocycles. The molecule has 1 heterocycles. The van der Waals surface area contributed by atoms with E-state index in [0.717, 1.165) is 6.26 Å². The summed E-state index contributed by atoms with van der Waals surface area (Å²) < 4.78 is 32.2. The van der Waals surface area contributed by atoms with Gasteiger partial charge in [0.05, 0.1) is 30.2 Å². The van der Waals surface area contributed by atoms with Gasteiger partial charge in [-0.25, -0.2) is 8.42 Å². The number of nitrogens with one attached hydrogen (secondary N) is 1. The zero-order valence-electron chi connectivity index (χ0n) is 16.5. The number of hydrogen-bond donors (Lipinski definition) is 2. The minimum absolute atomic E-state index is 0.0233. The lowest BCUT2D eigenvalue weighted by molar-refractivity contribution is 0.0366. The smallest absolute Gasteiger partial charge is 0.258 e. The molecule has 1 aromatic carbocycles. The standard InChI is InChI=1S/C18H29N3O5S/c1-12-9-21(13(2)11-22)18(23)14-7-6-8-15(19-27(5,24)25)17(14)26-16(12)10-20(3)4/h6-8,12-13,16,19,22H,9-11H2,1-5H3/t12-,13+,16+/m0/s1. The molecule has 0 aromatic heterocycles. The summed E-state index contributed by atoms with van der Waals surface area (Å²) in [5.41, 5.74) is 0.511. The van der Waals surface area contributed by atoms with E-state index in [2.05, 4.69) is 4.72 Å². The molecule has 0 saturated heterocycles. The van der Waals surface area contributed by atoms with E-state index >= 15 is 0 Å². The Bertz CT molecular complexity index is 781. The maximum Gasteiger partial charge on any atom is 0.258 e. The topological polar surface area (TPSA) is 99.2 Å². The van der Waals surface area contributed by atoms with Gasteiger partial charge < -0.3 is 19.6 Å². The number of aliphatic hydroxyl groups excluding tert-OH is 1. The van der Waals surface area contributed by atoms with Gasteiger partial charge in [0, 0.05) is 19.0 Å². The van der Waals surface area contributed by atoms with Crippen LogP contribution >= 0.6 is 0 Å². The number of sulfonamides is 1. The van der Waals surface area contributed by atoms with E-state index in [4.69, 9.17) is 4.74 Å². The predicted molar refractivity (Wildman–Crippen MR) is 105 cm³/mol. The van der Waals surface area contributed by atoms with Gasteiger partial charge in [-0.05, 0) is 33.2 Å². The molecule has 0 radical (unpaired) electrons. The second kappa shape index (κ2) is 8.45. The van der Waals surface area contributed by atoms with E-state index in [1.807, 2.05) is 25.9 Å². The summed E-state index contributed by atoms with van der Waals surface area (Å²) in [6.07, 6.45) is 0.791. The normalized spacial score (nSPS) is 21.9. The Labute approximate surface area is 161 Å². The maximum atomic E-state index is 13.1. The zero-order chi connectivity index (χ0) is 20.4. The van der Waals surface area contributed by atoms with Gasteiger partial charge in [0.2, 0.25) is 10.0 Å². The average Bonchev–Trinajstić information content (AvgIpc) is 2.56. The predicted octanol–water partition coefficient (Wildman–Crippen LogP) is 0.840. The monoisotopic (exact) mass is 399 g/mol. The number of likely N-dealkylation sites (N-methyl/N-ethyl adjacent to an activating group) is 1. The number of para-hydroxylation sites is 1. The van der Waals surface area contributed by atoms with Gasteiger partial charge in [0.15, 0.2) is 5.75 Å². The van der Waals surface area contributed by atoms with Crippen molar-refractivity contribution in [2.45, 2.75) is 26.0 Å². The first kappa shape index (κ1) is 21.5. The second-order valence-corrected chi connectivity index (χ2v) is 9.19. The third-order valence-electron chi connectivity index (χ3n) is 4.53. The van der Waals surface area contributed by atoms with Crippen LogP contribution in [0.25, 0.3) is 0 Å². The molecule has 0 spiro atoms. The molecule has 1 aliphatic rings. The molecule has 9 heteroatoms. The number of amides is 1. The lowest BCUT2D eigenvalue weighted by Crippen LogP contribution is -2.49. The Morgan fingerprint density at radius 3 is 2.63 bits per heavy atom. The molecular formula is C18H29N3O5S. The number of benzene rings is 1. The lowest BCUT2D eigenvalue weighted by atomic mass is 9.99. The fourth-order valence-corrected chi connectivity index (χ4v) is 3.66. The lowest BCUT2D eigenvalue weighted by Gasteiger charge is -2.38. The number of carbonyl (C=O) groups is 1. The minimum atomic E-state index is -3.54. The van der Waals surface area contributed by atoms with Gasteiger partial charge in [-0.1, -0.05) is 13.0 Å². The molecule has 27 heavy (non-hydrogen) atoms. The van der Waals surface area contributed by atoms with Crippen LogP contribution in [0.4, 0.5) is 5.69 Å². The van der Waals surface area contributed by atoms with Crippen LogP contribution < -0.4 is 9.46 Å². The first-order valence-electron chi connectivity index (χ1n) is 8.87. The SMILES string of the molecule is C[C@H](CO)N1C[C@H](C)[C@@H](CN(C)C)Oc2c(NS(C)(=O)=O)cccc2C1=O. The molecule has 152 valence electrons. The third kappa shape index (κ3) is 5.33. The quantitative estimate of drug-likeness (QED) is 0.735. The van der Waals surface area contributed by atoms with E-state index in [1.165, 1.54) is 0 Å². The molecule has 2 rings (SSSR count). The van der Waals surface area contributed by atoms with Crippen molar-refractivity contribution in [3.8, 4) is 5.75 Å². The molecule has 0 saturated carbocycles. The Morgan fingerprint density at radius 1 is 1.41 bits per heavy atom. The van der Waals surface area contributed by atoms with E-state index in [9.17, 15) is 18.3 Å². The number of aliphatic hydroxyl groups is 1. The number of carbonyl (C=O) groups excluding carboxylic acids is 1. The third-order valence-corrected chi connectivity index (χ3v) is 5.12. The fourth-order valence-electron chi connectivity index (χ4n) is 3.10. The van der Waals surface area contributed by atoms with Crippen LogP contribution in [0.3, 0.4) is 0 Å². The first-order chi connectivity index (χ1) is 12.5. The number of hydrogen-bond acceptors (Lipinski definition) is 6. The van der Waals surface area contributed by atoms with Gasteiger partial charge in [0.25, 0.3) is 5.91 Å². The number of nitrogens with zero attached hydrogens (tertiary/aromatic N) is 2. The average molecular weight is 400 g/mol. The molecule has 1 amide bonds. The molecule has 0 bridgehead atoms. The highest BCUT2D eigenvalue weighted by atomic mass is 32.2. The molecule has 0 aliphatic carbocycles. The maximum absolute atomic E-state index is 13.1. The summed E-state index contributed by atoms with van der Waals surface area (Å²) in [7, 11) is 0.309. The highest BCUT2D eigenvalue weighted by molar-refractivity contribution is 7.92. The number of fused-ring (bicyclic) bond motifs is 1. The van der Waals surface area contributed by atoms with E-state index < -0.39 is 10.0 Å². The van der Waals surface area contributed by atoms with Crippen molar-refractivity contribution in [3.05, 3.63) is 23.8 Å². The minimum Gasteiger partial charge on any atom is -0.486 e. The Kier molecular flexibility index (Phi) is 6.72.